The predicted molar refractivity (Wildman–Crippen MR) is 80.7 cm³/mol. The number of hydrogen-bond donors (Lipinski definition) is 2. The molecule has 1 aromatic heterocycles. The van der Waals surface area contributed by atoms with E-state index in [0.717, 1.165) is 23.8 Å². The van der Waals surface area contributed by atoms with Crippen LogP contribution >= 0.6 is 23.2 Å². The maximum Gasteiger partial charge on any atom is 0.136 e. The molecule has 0 unspecified atom stereocenters. The minimum atomic E-state index is 0.479. The monoisotopic (exact) mass is 296 g/mol. The largest absolute Gasteiger partial charge is 0.373 e. The first-order chi connectivity index (χ1) is 9.13. The van der Waals surface area contributed by atoms with E-state index < -0.39 is 0 Å². The first-order valence-electron chi connectivity index (χ1n) is 5.90. The van der Waals surface area contributed by atoms with Crippen molar-refractivity contribution >= 4 is 40.5 Å². The molecular formula is C13H14Cl2N4. The van der Waals surface area contributed by atoms with Crippen LogP contribution in [0.3, 0.4) is 0 Å². The summed E-state index contributed by atoms with van der Waals surface area (Å²) in [5, 5.41) is 7.14. The normalized spacial score (nSPS) is 10.3. The zero-order valence-corrected chi connectivity index (χ0v) is 12.2. The smallest absolute Gasteiger partial charge is 0.136 e. The molecule has 0 saturated carbocycles. The standard InChI is InChI=1S/C13H14Cl2N4/c1-3-10-18-11(16-2)7-12(19-10)17-9-6-4-5-8(14)13(9)15/h4-7H,3H2,1-2H3,(H2,16,17,18,19). The van der Waals surface area contributed by atoms with Gasteiger partial charge in [0, 0.05) is 19.5 Å². The van der Waals surface area contributed by atoms with Gasteiger partial charge in [-0.2, -0.15) is 0 Å². The van der Waals surface area contributed by atoms with E-state index in [0.29, 0.717) is 15.9 Å². The Hall–Kier alpha value is -1.52. The first-order valence-corrected chi connectivity index (χ1v) is 6.66. The molecule has 0 amide bonds. The van der Waals surface area contributed by atoms with Gasteiger partial charge in [-0.1, -0.05) is 36.2 Å². The predicted octanol–water partition coefficient (Wildman–Crippen LogP) is 4.13. The molecule has 0 aliphatic rings. The van der Waals surface area contributed by atoms with E-state index in [1.807, 2.05) is 32.2 Å². The minimum Gasteiger partial charge on any atom is -0.373 e. The second kappa shape index (κ2) is 6.08. The number of halogens is 2. The summed E-state index contributed by atoms with van der Waals surface area (Å²) in [6, 6.07) is 7.24. The number of aromatic nitrogens is 2. The van der Waals surface area contributed by atoms with Gasteiger partial charge in [0.1, 0.15) is 17.5 Å². The van der Waals surface area contributed by atoms with Gasteiger partial charge in [0.05, 0.1) is 15.7 Å². The van der Waals surface area contributed by atoms with E-state index >= 15 is 0 Å². The second-order valence-electron chi connectivity index (χ2n) is 3.88. The number of anilines is 3. The van der Waals surface area contributed by atoms with Crippen LogP contribution in [0.5, 0.6) is 0 Å². The van der Waals surface area contributed by atoms with Crippen LogP contribution in [0.4, 0.5) is 17.3 Å². The Labute approximate surface area is 122 Å². The molecule has 2 aromatic rings. The molecule has 1 heterocycles. The summed E-state index contributed by atoms with van der Waals surface area (Å²) in [5.74, 6) is 2.19. The first kappa shape index (κ1) is 13.9. The minimum absolute atomic E-state index is 0.479. The number of nitrogens with zero attached hydrogens (tertiary/aromatic N) is 2. The fourth-order valence-corrected chi connectivity index (χ4v) is 1.93. The van der Waals surface area contributed by atoms with Crippen molar-refractivity contribution in [1.82, 2.24) is 9.97 Å². The van der Waals surface area contributed by atoms with Crippen LogP contribution in [0.25, 0.3) is 0 Å². The molecule has 0 aliphatic carbocycles. The highest BCUT2D eigenvalue weighted by Crippen LogP contribution is 2.31. The maximum atomic E-state index is 6.14. The molecule has 19 heavy (non-hydrogen) atoms. The van der Waals surface area contributed by atoms with E-state index in [-0.39, 0.29) is 0 Å². The lowest BCUT2D eigenvalue weighted by atomic mass is 10.3. The highest BCUT2D eigenvalue weighted by Gasteiger charge is 2.07. The van der Waals surface area contributed by atoms with Gasteiger partial charge in [-0.3, -0.25) is 0 Å². The lowest BCUT2D eigenvalue weighted by molar-refractivity contribution is 0.945. The summed E-state index contributed by atoms with van der Waals surface area (Å²) in [4.78, 5) is 8.73. The zero-order valence-electron chi connectivity index (χ0n) is 10.7. The molecular weight excluding hydrogens is 283 g/mol. The molecule has 4 nitrogen and oxygen atoms in total. The molecule has 6 heteroatoms. The topological polar surface area (TPSA) is 49.8 Å². The molecule has 0 atom stereocenters. The van der Waals surface area contributed by atoms with Crippen molar-refractivity contribution < 1.29 is 0 Å². The zero-order chi connectivity index (χ0) is 13.8. The third kappa shape index (κ3) is 3.28. The summed E-state index contributed by atoms with van der Waals surface area (Å²) >= 11 is 12.1. The van der Waals surface area contributed by atoms with Crippen molar-refractivity contribution in [1.29, 1.82) is 0 Å². The van der Waals surface area contributed by atoms with Crippen molar-refractivity contribution in [2.45, 2.75) is 13.3 Å². The summed E-state index contributed by atoms with van der Waals surface area (Å²) in [6.45, 7) is 2.00. The van der Waals surface area contributed by atoms with Gasteiger partial charge in [0.2, 0.25) is 0 Å². The number of rotatable bonds is 4. The van der Waals surface area contributed by atoms with E-state index in [1.54, 1.807) is 6.07 Å². The van der Waals surface area contributed by atoms with E-state index in [1.165, 1.54) is 0 Å². The molecule has 0 fully saturated rings. The quantitative estimate of drug-likeness (QED) is 0.891. The van der Waals surface area contributed by atoms with Gasteiger partial charge in [-0.25, -0.2) is 9.97 Å². The van der Waals surface area contributed by atoms with Gasteiger partial charge in [0.15, 0.2) is 0 Å². The third-order valence-electron chi connectivity index (χ3n) is 2.56. The van der Waals surface area contributed by atoms with E-state index in [4.69, 9.17) is 23.2 Å². The number of nitrogens with one attached hydrogen (secondary N) is 2. The summed E-state index contributed by atoms with van der Waals surface area (Å²) < 4.78 is 0. The van der Waals surface area contributed by atoms with Gasteiger partial charge >= 0.3 is 0 Å². The van der Waals surface area contributed by atoms with Crippen LogP contribution in [0.1, 0.15) is 12.7 Å². The average Bonchev–Trinajstić information content (AvgIpc) is 2.43. The van der Waals surface area contributed by atoms with Crippen molar-refractivity contribution in [3.05, 3.63) is 40.1 Å². The molecule has 0 radical (unpaired) electrons. The summed E-state index contributed by atoms with van der Waals surface area (Å²) in [7, 11) is 1.82. The SMILES string of the molecule is CCc1nc(NC)cc(Nc2cccc(Cl)c2Cl)n1. The fourth-order valence-electron chi connectivity index (χ4n) is 1.59. The fraction of sp³-hybridized carbons (Fsp3) is 0.231. The van der Waals surface area contributed by atoms with Crippen molar-refractivity contribution in [3.63, 3.8) is 0 Å². The van der Waals surface area contributed by atoms with Crippen LogP contribution in [-0.2, 0) is 6.42 Å². The molecule has 2 rings (SSSR count). The van der Waals surface area contributed by atoms with Gasteiger partial charge in [-0.05, 0) is 12.1 Å². The number of aryl methyl sites for hydroxylation is 1. The van der Waals surface area contributed by atoms with E-state index in [2.05, 4.69) is 20.6 Å². The van der Waals surface area contributed by atoms with Gasteiger partial charge in [-0.15, -0.1) is 0 Å². The molecule has 0 bridgehead atoms. The van der Waals surface area contributed by atoms with Crippen LogP contribution in [0.2, 0.25) is 10.0 Å². The van der Waals surface area contributed by atoms with Gasteiger partial charge in [0.25, 0.3) is 0 Å². The van der Waals surface area contributed by atoms with Crippen LogP contribution in [-0.4, -0.2) is 17.0 Å². The summed E-state index contributed by atoms with van der Waals surface area (Å²) in [5.41, 5.74) is 0.719. The lowest BCUT2D eigenvalue weighted by Crippen LogP contribution is -2.03. The Morgan fingerprint density at radius 3 is 2.58 bits per heavy atom. The molecule has 100 valence electrons. The van der Waals surface area contributed by atoms with Crippen molar-refractivity contribution in [2.75, 3.05) is 17.7 Å². The highest BCUT2D eigenvalue weighted by atomic mass is 35.5. The average molecular weight is 297 g/mol. The molecule has 2 N–H and O–H groups in total. The Bertz CT molecular complexity index is 565. The maximum absolute atomic E-state index is 6.14. The second-order valence-corrected chi connectivity index (χ2v) is 4.67. The van der Waals surface area contributed by atoms with Crippen LogP contribution in [0.15, 0.2) is 24.3 Å². The van der Waals surface area contributed by atoms with E-state index in [9.17, 15) is 0 Å². The van der Waals surface area contributed by atoms with Crippen molar-refractivity contribution in [3.8, 4) is 0 Å². The van der Waals surface area contributed by atoms with Crippen LogP contribution < -0.4 is 10.6 Å². The van der Waals surface area contributed by atoms with Gasteiger partial charge < -0.3 is 10.6 Å². The number of hydrogen-bond acceptors (Lipinski definition) is 4. The Morgan fingerprint density at radius 1 is 1.16 bits per heavy atom. The molecule has 0 spiro atoms. The Morgan fingerprint density at radius 2 is 1.89 bits per heavy atom. The highest BCUT2D eigenvalue weighted by molar-refractivity contribution is 6.43. The summed E-state index contributed by atoms with van der Waals surface area (Å²) in [6.07, 6.45) is 0.757. The Balaban J connectivity index is 2.34. The molecule has 0 aliphatic heterocycles. The Kier molecular flexibility index (Phi) is 4.45. The molecule has 0 saturated heterocycles. The third-order valence-corrected chi connectivity index (χ3v) is 3.38. The van der Waals surface area contributed by atoms with Crippen LogP contribution in [0, 0.1) is 0 Å². The molecule has 1 aromatic carbocycles. The lowest BCUT2D eigenvalue weighted by Gasteiger charge is -2.11. The number of benzene rings is 1. The van der Waals surface area contributed by atoms with Crippen molar-refractivity contribution in [2.24, 2.45) is 0 Å².